The molecule has 0 spiro atoms. The van der Waals surface area contributed by atoms with Gasteiger partial charge in [0.25, 0.3) is 5.91 Å². The Labute approximate surface area is 215 Å². The molecule has 176 valence electrons. The molecule has 0 radical (unpaired) electrons. The van der Waals surface area contributed by atoms with Crippen LogP contribution in [0.3, 0.4) is 0 Å². The highest BCUT2D eigenvalue weighted by Gasteiger charge is 2.39. The minimum atomic E-state index is -0.312. The highest BCUT2D eigenvalue weighted by Crippen LogP contribution is 2.43. The number of halogens is 1. The maximum Gasteiger partial charge on any atom is 0.262 e. The zero-order valence-electron chi connectivity index (χ0n) is 20.1. The lowest BCUT2D eigenvalue weighted by molar-refractivity contribution is 0.0968. The second kappa shape index (κ2) is 9.59. The number of benzene rings is 4. The number of aryl methyl sites for hydroxylation is 1. The number of amides is 1. The molecule has 1 amide bonds. The van der Waals surface area contributed by atoms with E-state index in [1.54, 1.807) is 0 Å². The van der Waals surface area contributed by atoms with Gasteiger partial charge in [0.2, 0.25) is 0 Å². The van der Waals surface area contributed by atoms with Crippen LogP contribution in [0.25, 0.3) is 0 Å². The maximum atomic E-state index is 14.0. The normalized spacial score (nSPS) is 15.2. The van der Waals surface area contributed by atoms with Crippen molar-refractivity contribution in [1.29, 1.82) is 0 Å². The first kappa shape index (κ1) is 23.2. The largest absolute Gasteiger partial charge is 0.377 e. The van der Waals surface area contributed by atoms with Crippen LogP contribution >= 0.6 is 15.9 Å². The van der Waals surface area contributed by atoms with Crippen LogP contribution in [-0.2, 0) is 6.54 Å². The van der Waals surface area contributed by atoms with Crippen molar-refractivity contribution in [3.63, 3.8) is 0 Å². The maximum absolute atomic E-state index is 14.0. The molecule has 0 N–H and O–H groups in total. The SMILES string of the molecule is Cc1ccc(N2C(=O)c3ccccc3N(Cc3ccccc3)[C@H]2c2ccc(N(C)C)c(Br)c2)cc1. The van der Waals surface area contributed by atoms with Crippen molar-refractivity contribution >= 4 is 38.9 Å². The number of hydrogen-bond donors (Lipinski definition) is 0. The summed E-state index contributed by atoms with van der Waals surface area (Å²) in [5.41, 5.74) is 7.02. The topological polar surface area (TPSA) is 26.8 Å². The van der Waals surface area contributed by atoms with Crippen LogP contribution in [0.1, 0.15) is 33.2 Å². The summed E-state index contributed by atoms with van der Waals surface area (Å²) in [6.45, 7) is 2.73. The first-order valence-electron chi connectivity index (χ1n) is 11.7. The lowest BCUT2D eigenvalue weighted by Crippen LogP contribution is -2.49. The van der Waals surface area contributed by atoms with Crippen LogP contribution in [0.2, 0.25) is 0 Å². The standard InChI is InChI=1S/C30H28BrN3O/c1-21-13-16-24(17-14-21)34-29(23-15-18-28(32(2)3)26(31)19-23)33(20-22-9-5-4-6-10-22)27-12-8-7-11-25(27)30(34)35/h4-19,29H,20H2,1-3H3/t29-/m1/s1. The average Bonchev–Trinajstić information content (AvgIpc) is 2.86. The fourth-order valence-corrected chi connectivity index (χ4v) is 5.46. The zero-order chi connectivity index (χ0) is 24.5. The van der Waals surface area contributed by atoms with Crippen molar-refractivity contribution in [3.05, 3.63) is 124 Å². The second-order valence-electron chi connectivity index (χ2n) is 9.12. The molecule has 0 aromatic heterocycles. The smallest absolute Gasteiger partial charge is 0.262 e. The summed E-state index contributed by atoms with van der Waals surface area (Å²) in [4.78, 5) is 20.4. The van der Waals surface area contributed by atoms with Crippen LogP contribution in [0.15, 0.2) is 102 Å². The van der Waals surface area contributed by atoms with Crippen molar-refractivity contribution < 1.29 is 4.79 Å². The minimum Gasteiger partial charge on any atom is -0.377 e. The molecule has 1 atom stereocenters. The quantitative estimate of drug-likeness (QED) is 0.276. The minimum absolute atomic E-state index is 0.00609. The molecule has 0 aliphatic carbocycles. The molecule has 5 heteroatoms. The Morgan fingerprint density at radius 3 is 2.23 bits per heavy atom. The summed E-state index contributed by atoms with van der Waals surface area (Å²) < 4.78 is 0.995. The third kappa shape index (κ3) is 4.44. The van der Waals surface area contributed by atoms with E-state index in [2.05, 4.69) is 93.3 Å². The number of hydrogen-bond acceptors (Lipinski definition) is 3. The van der Waals surface area contributed by atoms with Crippen molar-refractivity contribution in [2.45, 2.75) is 19.6 Å². The van der Waals surface area contributed by atoms with Gasteiger partial charge in [-0.3, -0.25) is 9.69 Å². The molecule has 1 aliphatic heterocycles. The molecule has 0 unspecified atom stereocenters. The molecule has 0 saturated carbocycles. The van der Waals surface area contributed by atoms with E-state index in [4.69, 9.17) is 0 Å². The Balaban J connectivity index is 1.73. The van der Waals surface area contributed by atoms with Crippen LogP contribution in [-0.4, -0.2) is 20.0 Å². The molecular formula is C30H28BrN3O. The number of rotatable bonds is 5. The number of carbonyl (C=O) groups excluding carboxylic acids is 1. The first-order valence-corrected chi connectivity index (χ1v) is 12.5. The highest BCUT2D eigenvalue weighted by atomic mass is 79.9. The molecule has 1 aliphatic rings. The Morgan fingerprint density at radius 1 is 0.857 bits per heavy atom. The Hall–Kier alpha value is -3.57. The number of anilines is 3. The van der Waals surface area contributed by atoms with Gasteiger partial charge in [0.15, 0.2) is 0 Å². The van der Waals surface area contributed by atoms with Gasteiger partial charge in [0, 0.05) is 30.8 Å². The fraction of sp³-hybridized carbons (Fsp3) is 0.167. The van der Waals surface area contributed by atoms with E-state index in [1.165, 1.54) is 5.56 Å². The van der Waals surface area contributed by atoms with E-state index in [-0.39, 0.29) is 12.1 Å². The summed E-state index contributed by atoms with van der Waals surface area (Å²) in [5, 5.41) is 0. The lowest BCUT2D eigenvalue weighted by Gasteiger charge is -2.46. The Kier molecular flexibility index (Phi) is 6.35. The monoisotopic (exact) mass is 525 g/mol. The fourth-order valence-electron chi connectivity index (χ4n) is 4.71. The summed E-state index contributed by atoms with van der Waals surface area (Å²) in [6.07, 6.45) is -0.312. The van der Waals surface area contributed by atoms with Crippen LogP contribution in [0.5, 0.6) is 0 Å². The van der Waals surface area contributed by atoms with Gasteiger partial charge in [0.05, 0.1) is 16.9 Å². The lowest BCUT2D eigenvalue weighted by atomic mass is 9.98. The van der Waals surface area contributed by atoms with Gasteiger partial charge in [0.1, 0.15) is 6.17 Å². The van der Waals surface area contributed by atoms with Crippen molar-refractivity contribution in [3.8, 4) is 0 Å². The van der Waals surface area contributed by atoms with Crippen molar-refractivity contribution in [2.75, 3.05) is 28.8 Å². The van der Waals surface area contributed by atoms with Gasteiger partial charge >= 0.3 is 0 Å². The highest BCUT2D eigenvalue weighted by molar-refractivity contribution is 9.10. The van der Waals surface area contributed by atoms with Gasteiger partial charge in [-0.25, -0.2) is 0 Å². The third-order valence-corrected chi connectivity index (χ3v) is 7.10. The van der Waals surface area contributed by atoms with Crippen molar-refractivity contribution in [1.82, 2.24) is 0 Å². The molecule has 0 saturated heterocycles. The molecule has 0 fully saturated rings. The summed E-state index contributed by atoms with van der Waals surface area (Å²) >= 11 is 3.77. The molecular weight excluding hydrogens is 498 g/mol. The average molecular weight is 526 g/mol. The number of nitrogens with zero attached hydrogens (tertiary/aromatic N) is 3. The third-order valence-electron chi connectivity index (χ3n) is 6.46. The Bertz CT molecular complexity index is 1350. The zero-order valence-corrected chi connectivity index (χ0v) is 21.7. The summed E-state index contributed by atoms with van der Waals surface area (Å²) in [6, 6.07) is 32.9. The summed E-state index contributed by atoms with van der Waals surface area (Å²) in [5.74, 6) is 0.00609. The number of fused-ring (bicyclic) bond motifs is 1. The molecule has 5 rings (SSSR count). The first-order chi connectivity index (χ1) is 16.9. The van der Waals surface area contributed by atoms with Crippen LogP contribution in [0, 0.1) is 6.92 Å². The van der Waals surface area contributed by atoms with E-state index in [0.29, 0.717) is 12.1 Å². The predicted molar refractivity (Wildman–Crippen MR) is 148 cm³/mol. The predicted octanol–water partition coefficient (Wildman–Crippen LogP) is 7.19. The molecule has 4 aromatic carbocycles. The van der Waals surface area contributed by atoms with E-state index in [1.807, 2.05) is 55.4 Å². The van der Waals surface area contributed by atoms with E-state index in [9.17, 15) is 4.79 Å². The van der Waals surface area contributed by atoms with Crippen molar-refractivity contribution in [2.24, 2.45) is 0 Å². The van der Waals surface area contributed by atoms with Gasteiger partial charge in [-0.15, -0.1) is 0 Å². The second-order valence-corrected chi connectivity index (χ2v) is 9.97. The van der Waals surface area contributed by atoms with Crippen LogP contribution < -0.4 is 14.7 Å². The summed E-state index contributed by atoms with van der Waals surface area (Å²) in [7, 11) is 4.06. The molecule has 4 aromatic rings. The number of carbonyl (C=O) groups is 1. The molecule has 4 nitrogen and oxygen atoms in total. The number of para-hydroxylation sites is 1. The molecule has 1 heterocycles. The molecule has 0 bridgehead atoms. The van der Waals surface area contributed by atoms with Gasteiger partial charge < -0.3 is 9.80 Å². The van der Waals surface area contributed by atoms with E-state index < -0.39 is 0 Å². The van der Waals surface area contributed by atoms with Gasteiger partial charge in [-0.2, -0.15) is 0 Å². The van der Waals surface area contributed by atoms with E-state index >= 15 is 0 Å². The Morgan fingerprint density at radius 2 is 1.54 bits per heavy atom. The van der Waals surface area contributed by atoms with E-state index in [0.717, 1.165) is 32.7 Å². The van der Waals surface area contributed by atoms with Gasteiger partial charge in [-0.1, -0.05) is 66.2 Å². The molecule has 35 heavy (non-hydrogen) atoms. The van der Waals surface area contributed by atoms with Crippen LogP contribution in [0.4, 0.5) is 17.1 Å². The van der Waals surface area contributed by atoms with Gasteiger partial charge in [-0.05, 0) is 70.4 Å².